The molecule has 0 radical (unpaired) electrons. The Morgan fingerprint density at radius 3 is 2.80 bits per heavy atom. The summed E-state index contributed by atoms with van der Waals surface area (Å²) < 4.78 is 5.75. The molecule has 1 aliphatic rings. The highest BCUT2D eigenvalue weighted by atomic mass is 16.5. The predicted molar refractivity (Wildman–Crippen MR) is 57.4 cm³/mol. The molecule has 1 heterocycles. The molecular formula is C12H15NO2. The van der Waals surface area contributed by atoms with E-state index in [0.717, 1.165) is 24.7 Å². The van der Waals surface area contributed by atoms with Gasteiger partial charge >= 0.3 is 0 Å². The maximum absolute atomic E-state index is 10.9. The zero-order valence-electron chi connectivity index (χ0n) is 9.06. The van der Waals surface area contributed by atoms with Crippen molar-refractivity contribution in [3.8, 4) is 5.75 Å². The first-order valence-electron chi connectivity index (χ1n) is 5.33. The minimum Gasteiger partial charge on any atom is -0.488 e. The molecule has 1 aromatic heterocycles. The van der Waals surface area contributed by atoms with E-state index in [1.165, 1.54) is 0 Å². The van der Waals surface area contributed by atoms with Gasteiger partial charge in [-0.15, -0.1) is 0 Å². The van der Waals surface area contributed by atoms with E-state index in [1.54, 1.807) is 6.20 Å². The monoisotopic (exact) mass is 205 g/mol. The summed E-state index contributed by atoms with van der Waals surface area (Å²) in [4.78, 5) is 14.9. The van der Waals surface area contributed by atoms with Crippen LogP contribution in [0.4, 0.5) is 0 Å². The maximum Gasteiger partial charge on any atom is 0.172 e. The molecule has 1 aliphatic carbocycles. The number of hydrogen-bond acceptors (Lipinski definition) is 3. The quantitative estimate of drug-likeness (QED) is 0.709. The van der Waals surface area contributed by atoms with Crippen molar-refractivity contribution in [2.45, 2.75) is 38.7 Å². The van der Waals surface area contributed by atoms with Gasteiger partial charge in [-0.1, -0.05) is 13.8 Å². The van der Waals surface area contributed by atoms with Crippen molar-refractivity contribution in [3.63, 3.8) is 0 Å². The van der Waals surface area contributed by atoms with E-state index < -0.39 is 0 Å². The van der Waals surface area contributed by atoms with Crippen molar-refractivity contribution in [2.75, 3.05) is 0 Å². The van der Waals surface area contributed by atoms with Crippen LogP contribution in [0, 0.1) is 0 Å². The number of aldehydes is 1. The van der Waals surface area contributed by atoms with Gasteiger partial charge < -0.3 is 4.74 Å². The molecule has 3 heteroatoms. The summed E-state index contributed by atoms with van der Waals surface area (Å²) in [7, 11) is 0. The lowest BCUT2D eigenvalue weighted by Gasteiger charge is -2.14. The Hall–Kier alpha value is -1.38. The number of carbonyl (C=O) groups excluding carboxylic acids is 1. The number of hydrogen-bond donors (Lipinski definition) is 0. The number of carbonyl (C=O) groups is 1. The Kier molecular flexibility index (Phi) is 2.71. The van der Waals surface area contributed by atoms with Gasteiger partial charge in [-0.2, -0.15) is 0 Å². The topological polar surface area (TPSA) is 39.2 Å². The van der Waals surface area contributed by atoms with Crippen LogP contribution >= 0.6 is 0 Å². The number of nitrogens with zero attached hydrogens (tertiary/aromatic N) is 1. The fourth-order valence-electron chi connectivity index (χ4n) is 1.50. The molecule has 0 atom stereocenters. The van der Waals surface area contributed by atoms with Gasteiger partial charge in [0.15, 0.2) is 12.0 Å². The molecule has 0 amide bonds. The number of pyridine rings is 1. The molecule has 1 fully saturated rings. The molecule has 0 N–H and O–H groups in total. The van der Waals surface area contributed by atoms with Crippen LogP contribution in [-0.2, 0) is 0 Å². The molecule has 1 saturated carbocycles. The summed E-state index contributed by atoms with van der Waals surface area (Å²) >= 11 is 0. The van der Waals surface area contributed by atoms with Crippen molar-refractivity contribution < 1.29 is 9.53 Å². The summed E-state index contributed by atoms with van der Waals surface area (Å²) in [5, 5.41) is 0. The van der Waals surface area contributed by atoms with Crippen molar-refractivity contribution >= 4 is 6.29 Å². The summed E-state index contributed by atoms with van der Waals surface area (Å²) in [6, 6.07) is 1.93. The minimum absolute atomic E-state index is 0.297. The Labute approximate surface area is 89.5 Å². The second-order valence-corrected chi connectivity index (χ2v) is 4.20. The Morgan fingerprint density at radius 1 is 1.53 bits per heavy atom. The third-order valence-corrected chi connectivity index (χ3v) is 2.51. The van der Waals surface area contributed by atoms with E-state index in [4.69, 9.17) is 4.74 Å². The Balaban J connectivity index is 2.38. The number of aromatic nitrogens is 1. The summed E-state index contributed by atoms with van der Waals surface area (Å²) in [6.07, 6.45) is 4.91. The summed E-state index contributed by atoms with van der Waals surface area (Å²) in [5.41, 5.74) is 1.49. The maximum atomic E-state index is 10.9. The first kappa shape index (κ1) is 10.1. The molecule has 2 rings (SSSR count). The van der Waals surface area contributed by atoms with Gasteiger partial charge in [0.2, 0.25) is 0 Å². The second-order valence-electron chi connectivity index (χ2n) is 4.20. The van der Waals surface area contributed by atoms with Crippen LogP contribution in [0.2, 0.25) is 0 Å². The van der Waals surface area contributed by atoms with E-state index in [9.17, 15) is 4.79 Å². The molecule has 0 aromatic carbocycles. The molecule has 0 saturated heterocycles. The summed E-state index contributed by atoms with van der Waals surface area (Å²) in [6.45, 7) is 4.17. The fourth-order valence-corrected chi connectivity index (χ4v) is 1.50. The fraction of sp³-hybridized carbons (Fsp3) is 0.500. The van der Waals surface area contributed by atoms with Crippen LogP contribution in [0.15, 0.2) is 12.3 Å². The van der Waals surface area contributed by atoms with Gasteiger partial charge in [0.05, 0.1) is 6.10 Å². The van der Waals surface area contributed by atoms with Crippen LogP contribution in [0.25, 0.3) is 0 Å². The Morgan fingerprint density at radius 2 is 2.27 bits per heavy atom. The highest BCUT2D eigenvalue weighted by Crippen LogP contribution is 2.33. The summed E-state index contributed by atoms with van der Waals surface area (Å²) in [5.74, 6) is 1.03. The van der Waals surface area contributed by atoms with Gasteiger partial charge in [-0.25, -0.2) is 4.98 Å². The van der Waals surface area contributed by atoms with Gasteiger partial charge in [0, 0.05) is 11.8 Å². The molecule has 0 aliphatic heterocycles. The van der Waals surface area contributed by atoms with E-state index in [0.29, 0.717) is 23.5 Å². The number of rotatable bonds is 4. The van der Waals surface area contributed by atoms with Crippen LogP contribution in [0.1, 0.15) is 48.7 Å². The highest BCUT2D eigenvalue weighted by Gasteiger charge is 2.26. The van der Waals surface area contributed by atoms with Crippen molar-refractivity contribution in [1.29, 1.82) is 0 Å². The molecule has 80 valence electrons. The van der Waals surface area contributed by atoms with Gasteiger partial charge in [0.1, 0.15) is 5.69 Å². The third kappa shape index (κ3) is 2.17. The van der Waals surface area contributed by atoms with Crippen LogP contribution < -0.4 is 4.74 Å². The normalized spacial score (nSPS) is 15.4. The second kappa shape index (κ2) is 4.01. The molecule has 1 aromatic rings. The lowest BCUT2D eigenvalue weighted by atomic mass is 10.0. The lowest BCUT2D eigenvalue weighted by molar-refractivity contribution is 0.111. The third-order valence-electron chi connectivity index (χ3n) is 2.51. The molecule has 0 unspecified atom stereocenters. The van der Waals surface area contributed by atoms with Crippen molar-refractivity contribution in [3.05, 3.63) is 23.5 Å². The van der Waals surface area contributed by atoms with E-state index in [-0.39, 0.29) is 0 Å². The average molecular weight is 205 g/mol. The van der Waals surface area contributed by atoms with Crippen LogP contribution in [0.5, 0.6) is 5.75 Å². The molecule has 15 heavy (non-hydrogen) atoms. The van der Waals surface area contributed by atoms with Crippen LogP contribution in [0.3, 0.4) is 0 Å². The zero-order valence-corrected chi connectivity index (χ0v) is 9.06. The predicted octanol–water partition coefficient (Wildman–Crippen LogP) is 2.56. The SMILES string of the molecule is CC(C)c1ccnc(C=O)c1OC1CC1. The van der Waals surface area contributed by atoms with Crippen molar-refractivity contribution in [2.24, 2.45) is 0 Å². The van der Waals surface area contributed by atoms with E-state index >= 15 is 0 Å². The molecule has 0 spiro atoms. The smallest absolute Gasteiger partial charge is 0.172 e. The largest absolute Gasteiger partial charge is 0.488 e. The standard InChI is InChI=1S/C12H15NO2/c1-8(2)10-5-6-13-11(7-14)12(10)15-9-3-4-9/h5-9H,3-4H2,1-2H3. The van der Waals surface area contributed by atoms with Gasteiger partial charge in [-0.05, 0) is 24.8 Å². The molecule has 0 bridgehead atoms. The van der Waals surface area contributed by atoms with Gasteiger partial charge in [0.25, 0.3) is 0 Å². The van der Waals surface area contributed by atoms with E-state index in [1.807, 2.05) is 6.07 Å². The first-order valence-corrected chi connectivity index (χ1v) is 5.33. The van der Waals surface area contributed by atoms with Gasteiger partial charge in [-0.3, -0.25) is 4.79 Å². The highest BCUT2D eigenvalue weighted by molar-refractivity contribution is 5.77. The zero-order chi connectivity index (χ0) is 10.8. The number of ether oxygens (including phenoxy) is 1. The minimum atomic E-state index is 0.297. The first-order chi connectivity index (χ1) is 7.22. The van der Waals surface area contributed by atoms with E-state index in [2.05, 4.69) is 18.8 Å². The lowest BCUT2D eigenvalue weighted by Crippen LogP contribution is -2.05. The molecule has 3 nitrogen and oxygen atoms in total. The van der Waals surface area contributed by atoms with Crippen molar-refractivity contribution in [1.82, 2.24) is 4.98 Å². The molecular weight excluding hydrogens is 190 g/mol. The average Bonchev–Trinajstić information content (AvgIpc) is 3.01. The van der Waals surface area contributed by atoms with Crippen LogP contribution in [-0.4, -0.2) is 17.4 Å². The Bertz CT molecular complexity index is 370.